The van der Waals surface area contributed by atoms with Gasteiger partial charge in [-0.2, -0.15) is 8.78 Å². The fourth-order valence-electron chi connectivity index (χ4n) is 1.76. The molecule has 0 fully saturated rings. The van der Waals surface area contributed by atoms with Gasteiger partial charge in [0.05, 0.1) is 23.4 Å². The van der Waals surface area contributed by atoms with E-state index >= 15 is 0 Å². The van der Waals surface area contributed by atoms with Gasteiger partial charge in [-0.3, -0.25) is 14.7 Å². The Bertz CT molecular complexity index is 690. The lowest BCUT2D eigenvalue weighted by molar-refractivity contribution is -0.117. The summed E-state index contributed by atoms with van der Waals surface area (Å²) in [4.78, 5) is 26.7. The summed E-state index contributed by atoms with van der Waals surface area (Å²) in [5, 5.41) is 2.00. The molecule has 118 valence electrons. The Morgan fingerprint density at radius 3 is 2.82 bits per heavy atom. The molecular formula is C13H13F2N3O3S. The maximum atomic E-state index is 13.2. The molecule has 0 saturated heterocycles. The molecule has 0 atom stereocenters. The van der Waals surface area contributed by atoms with Crippen LogP contribution in [0.25, 0.3) is 11.0 Å². The van der Waals surface area contributed by atoms with Crippen LogP contribution in [-0.4, -0.2) is 33.9 Å². The number of alkyl halides is 2. The van der Waals surface area contributed by atoms with Gasteiger partial charge in [0.2, 0.25) is 5.91 Å². The molecule has 2 aromatic rings. The van der Waals surface area contributed by atoms with Crippen molar-refractivity contribution in [2.75, 3.05) is 12.4 Å². The lowest BCUT2D eigenvalue weighted by Crippen LogP contribution is -2.32. The molecule has 0 radical (unpaired) electrons. The Hall–Kier alpha value is -2.16. The number of alkyl carbamates (subject to hydrolysis) is 1. The van der Waals surface area contributed by atoms with Crippen LogP contribution in [0.4, 0.5) is 13.6 Å². The number of hydrogen-bond acceptors (Lipinski definition) is 5. The second-order valence-electron chi connectivity index (χ2n) is 4.09. The fraction of sp³-hybridized carbons (Fsp3) is 0.308. The molecule has 1 N–H and O–H groups in total. The molecule has 1 heterocycles. The third-order valence-corrected chi connectivity index (χ3v) is 3.56. The van der Waals surface area contributed by atoms with Crippen molar-refractivity contribution in [1.29, 1.82) is 0 Å². The van der Waals surface area contributed by atoms with Crippen LogP contribution in [-0.2, 0) is 9.53 Å². The Labute approximate surface area is 128 Å². The summed E-state index contributed by atoms with van der Waals surface area (Å²) in [6.45, 7) is -1.04. The van der Waals surface area contributed by atoms with Crippen molar-refractivity contribution in [3.63, 3.8) is 0 Å². The molecule has 0 aliphatic heterocycles. The maximum Gasteiger partial charge on any atom is 0.413 e. The first-order valence-electron chi connectivity index (χ1n) is 6.37. The molecule has 6 nitrogen and oxygen atoms in total. The summed E-state index contributed by atoms with van der Waals surface area (Å²) in [5.74, 6) is -0.870. The third-order valence-electron chi connectivity index (χ3n) is 2.61. The van der Waals surface area contributed by atoms with Gasteiger partial charge >= 0.3 is 12.6 Å². The number of imidazole rings is 1. The number of halogens is 2. The summed E-state index contributed by atoms with van der Waals surface area (Å²) in [6.07, 6.45) is -0.865. The number of rotatable bonds is 5. The van der Waals surface area contributed by atoms with Crippen molar-refractivity contribution in [2.24, 2.45) is 0 Å². The number of ether oxygens (including phenoxy) is 1. The van der Waals surface area contributed by atoms with Gasteiger partial charge in [-0.25, -0.2) is 9.78 Å². The van der Waals surface area contributed by atoms with Gasteiger partial charge in [0.25, 0.3) is 0 Å². The van der Waals surface area contributed by atoms with E-state index in [-0.39, 0.29) is 23.0 Å². The molecular weight excluding hydrogens is 316 g/mol. The largest absolute Gasteiger partial charge is 0.450 e. The number of fused-ring (bicyclic) bond motifs is 1. The SMILES string of the molecule is CCOC(=O)NC(=O)CSc1nc2ccccc2n1C(F)F. The molecule has 0 bridgehead atoms. The average molecular weight is 329 g/mol. The van der Waals surface area contributed by atoms with E-state index in [1.54, 1.807) is 25.1 Å². The standard InChI is InChI=1S/C13H13F2N3O3S/c1-2-21-13(20)17-10(19)7-22-12-16-8-5-3-4-6-9(8)18(12)11(14)15/h3-6,11H,2,7H2,1H3,(H,17,19,20). The van der Waals surface area contributed by atoms with Crippen LogP contribution in [0.1, 0.15) is 13.5 Å². The highest BCUT2D eigenvalue weighted by molar-refractivity contribution is 7.99. The van der Waals surface area contributed by atoms with Crippen LogP contribution in [0.5, 0.6) is 0 Å². The molecule has 2 rings (SSSR count). The zero-order valence-electron chi connectivity index (χ0n) is 11.6. The van der Waals surface area contributed by atoms with Crippen LogP contribution in [0, 0.1) is 0 Å². The Morgan fingerprint density at radius 1 is 1.41 bits per heavy atom. The normalized spacial score (nSPS) is 10.9. The highest BCUT2D eigenvalue weighted by Gasteiger charge is 2.19. The summed E-state index contributed by atoms with van der Waals surface area (Å²) >= 11 is 0.821. The molecule has 1 aromatic heterocycles. The second-order valence-corrected chi connectivity index (χ2v) is 5.03. The first-order valence-corrected chi connectivity index (χ1v) is 7.36. The van der Waals surface area contributed by atoms with Crippen molar-refractivity contribution in [2.45, 2.75) is 18.6 Å². The monoisotopic (exact) mass is 329 g/mol. The lowest BCUT2D eigenvalue weighted by atomic mass is 10.3. The van der Waals surface area contributed by atoms with E-state index < -0.39 is 18.5 Å². The molecule has 0 unspecified atom stereocenters. The van der Waals surface area contributed by atoms with E-state index in [1.807, 2.05) is 5.32 Å². The van der Waals surface area contributed by atoms with Crippen LogP contribution in [0.15, 0.2) is 29.4 Å². The minimum Gasteiger partial charge on any atom is -0.450 e. The van der Waals surface area contributed by atoms with Gasteiger partial charge in [-0.1, -0.05) is 23.9 Å². The number of aromatic nitrogens is 2. The van der Waals surface area contributed by atoms with Crippen molar-refractivity contribution in [3.8, 4) is 0 Å². The summed E-state index contributed by atoms with van der Waals surface area (Å²) in [7, 11) is 0. The molecule has 0 aliphatic carbocycles. The third kappa shape index (κ3) is 3.73. The van der Waals surface area contributed by atoms with E-state index in [0.717, 1.165) is 16.3 Å². The summed E-state index contributed by atoms with van der Waals surface area (Å²) in [6, 6.07) is 6.45. The Morgan fingerprint density at radius 2 is 2.14 bits per heavy atom. The summed E-state index contributed by atoms with van der Waals surface area (Å²) in [5.41, 5.74) is 0.696. The number of thioether (sulfide) groups is 1. The maximum absolute atomic E-state index is 13.2. The zero-order chi connectivity index (χ0) is 16.1. The first-order chi connectivity index (χ1) is 10.5. The fourth-order valence-corrected chi connectivity index (χ4v) is 2.57. The lowest BCUT2D eigenvalue weighted by Gasteiger charge is -2.07. The van der Waals surface area contributed by atoms with Gasteiger partial charge in [0.15, 0.2) is 5.16 Å². The van der Waals surface area contributed by atoms with Gasteiger partial charge in [0, 0.05) is 0 Å². The number of carbonyl (C=O) groups is 2. The van der Waals surface area contributed by atoms with Crippen LogP contribution < -0.4 is 5.32 Å². The van der Waals surface area contributed by atoms with Crippen molar-refractivity contribution in [1.82, 2.24) is 14.9 Å². The average Bonchev–Trinajstić information content (AvgIpc) is 2.83. The predicted molar refractivity (Wildman–Crippen MR) is 76.9 cm³/mol. The second kappa shape index (κ2) is 7.21. The van der Waals surface area contributed by atoms with Crippen LogP contribution in [0.3, 0.4) is 0 Å². The van der Waals surface area contributed by atoms with E-state index in [9.17, 15) is 18.4 Å². The molecule has 0 aliphatic rings. The van der Waals surface area contributed by atoms with Gasteiger partial charge < -0.3 is 4.74 Å². The molecule has 9 heteroatoms. The number of amides is 2. The van der Waals surface area contributed by atoms with Gasteiger partial charge in [0.1, 0.15) is 0 Å². The number of hydrogen-bond donors (Lipinski definition) is 1. The Balaban J connectivity index is 2.10. The number of carbonyl (C=O) groups excluding carboxylic acids is 2. The number of benzene rings is 1. The van der Waals surface area contributed by atoms with Crippen molar-refractivity contribution < 1.29 is 23.1 Å². The predicted octanol–water partition coefficient (Wildman–Crippen LogP) is 2.80. The minimum atomic E-state index is -2.77. The number of para-hydroxylation sites is 2. The van der Waals surface area contributed by atoms with E-state index in [1.165, 1.54) is 6.07 Å². The van der Waals surface area contributed by atoms with Crippen molar-refractivity contribution >= 4 is 34.8 Å². The van der Waals surface area contributed by atoms with Crippen molar-refractivity contribution in [3.05, 3.63) is 24.3 Å². The van der Waals surface area contributed by atoms with Crippen LogP contribution >= 0.6 is 11.8 Å². The smallest absolute Gasteiger partial charge is 0.413 e. The number of nitrogens with one attached hydrogen (secondary N) is 1. The quantitative estimate of drug-likeness (QED) is 0.854. The first kappa shape index (κ1) is 16.2. The molecule has 0 spiro atoms. The van der Waals surface area contributed by atoms with Gasteiger partial charge in [-0.15, -0.1) is 0 Å². The molecule has 1 aromatic carbocycles. The minimum absolute atomic E-state index is 0.00945. The molecule has 2 amide bonds. The highest BCUT2D eigenvalue weighted by Crippen LogP contribution is 2.28. The number of nitrogens with zero attached hydrogens (tertiary/aromatic N) is 2. The van der Waals surface area contributed by atoms with Gasteiger partial charge in [-0.05, 0) is 19.1 Å². The summed E-state index contributed by atoms with van der Waals surface area (Å²) < 4.78 is 31.6. The van der Waals surface area contributed by atoms with E-state index in [2.05, 4.69) is 9.72 Å². The molecule has 0 saturated carbocycles. The number of imide groups is 1. The van der Waals surface area contributed by atoms with Crippen LogP contribution in [0.2, 0.25) is 0 Å². The highest BCUT2D eigenvalue weighted by atomic mass is 32.2. The Kier molecular flexibility index (Phi) is 5.31. The molecule has 22 heavy (non-hydrogen) atoms. The van der Waals surface area contributed by atoms with E-state index in [0.29, 0.717) is 5.52 Å². The zero-order valence-corrected chi connectivity index (χ0v) is 12.4. The topological polar surface area (TPSA) is 73.2 Å². The van der Waals surface area contributed by atoms with E-state index in [4.69, 9.17) is 0 Å².